The number of nitroso groups, excluding NO2 is 1. The van der Waals surface area contributed by atoms with E-state index in [-0.39, 0.29) is 10.5 Å². The van der Waals surface area contributed by atoms with Crippen molar-refractivity contribution in [3.05, 3.63) is 25.7 Å². The van der Waals surface area contributed by atoms with Gasteiger partial charge in [0.1, 0.15) is 5.69 Å². The molecule has 1 aromatic rings. The van der Waals surface area contributed by atoms with Gasteiger partial charge in [-0.05, 0) is 12.2 Å². The number of rotatable bonds is 1. The summed E-state index contributed by atoms with van der Waals surface area (Å²) < 4.78 is 0.487. The van der Waals surface area contributed by atoms with Crippen molar-refractivity contribution >= 4 is 12.2 Å². The first kappa shape index (κ1) is 10.7. The van der Waals surface area contributed by atoms with Gasteiger partial charge < -0.3 is 0 Å². The summed E-state index contributed by atoms with van der Waals surface area (Å²) in [6.45, 7) is 5.42. The molecule has 0 amide bonds. The summed E-state index contributed by atoms with van der Waals surface area (Å²) in [6.07, 6.45) is 0. The molecule has 14 heavy (non-hydrogen) atoms. The van der Waals surface area contributed by atoms with Crippen molar-refractivity contribution in [3.63, 3.8) is 0 Å². The molecule has 0 saturated carbocycles. The van der Waals surface area contributed by atoms with E-state index in [1.165, 1.54) is 0 Å². The topological polar surface area (TPSA) is 80.1 Å². The molecule has 0 aliphatic heterocycles. The predicted molar refractivity (Wildman–Crippen MR) is 53.6 cm³/mol. The van der Waals surface area contributed by atoms with Gasteiger partial charge in [-0.15, -0.1) is 9.58 Å². The number of hydrogen-bond acceptors (Lipinski definition) is 5. The Balaban J connectivity index is 3.61. The van der Waals surface area contributed by atoms with Crippen LogP contribution in [0, 0.1) is 9.68 Å². The van der Waals surface area contributed by atoms with E-state index in [4.69, 9.17) is 0 Å². The average Bonchev–Trinajstić information content (AvgIpc) is 2.02. The largest absolute Gasteiger partial charge is 0.300 e. The zero-order chi connectivity index (χ0) is 10.9. The first-order valence-corrected chi connectivity index (χ1v) is 4.34. The fourth-order valence-electron chi connectivity index (χ4n) is 0.954. The molecule has 1 N–H and O–H groups in total. The van der Waals surface area contributed by atoms with Crippen molar-refractivity contribution < 1.29 is 0 Å². The SMILES string of the molecule is CC(C)(C)c1n[nH]c(=S)n(N=O)c1=O. The molecule has 1 aromatic heterocycles. The van der Waals surface area contributed by atoms with Crippen LogP contribution < -0.4 is 5.56 Å². The summed E-state index contributed by atoms with van der Waals surface area (Å²) in [7, 11) is 0. The summed E-state index contributed by atoms with van der Waals surface area (Å²) in [5, 5.41) is 8.72. The lowest BCUT2D eigenvalue weighted by Crippen LogP contribution is -2.31. The van der Waals surface area contributed by atoms with Gasteiger partial charge in [-0.25, -0.2) is 0 Å². The Morgan fingerprint density at radius 1 is 1.50 bits per heavy atom. The molecule has 0 aliphatic carbocycles. The normalized spacial score (nSPS) is 11.4. The van der Waals surface area contributed by atoms with E-state index in [0.29, 0.717) is 4.68 Å². The molecule has 1 heterocycles. The van der Waals surface area contributed by atoms with Crippen molar-refractivity contribution in [2.45, 2.75) is 26.2 Å². The number of H-pyrrole nitrogens is 1. The third-order valence-corrected chi connectivity index (χ3v) is 1.91. The lowest BCUT2D eigenvalue weighted by atomic mass is 9.93. The molecular formula is C7H10N4O2S. The number of nitrogens with zero attached hydrogens (tertiary/aromatic N) is 3. The zero-order valence-electron chi connectivity index (χ0n) is 8.07. The summed E-state index contributed by atoms with van der Waals surface area (Å²) in [5.41, 5.74) is -0.801. The molecule has 0 unspecified atom stereocenters. The summed E-state index contributed by atoms with van der Waals surface area (Å²) in [6, 6.07) is 0. The van der Waals surface area contributed by atoms with Gasteiger partial charge in [0.25, 0.3) is 5.56 Å². The van der Waals surface area contributed by atoms with Gasteiger partial charge in [-0.2, -0.15) is 5.10 Å². The second kappa shape index (κ2) is 3.41. The molecule has 0 aliphatic rings. The number of aromatic amines is 1. The lowest BCUT2D eigenvalue weighted by Gasteiger charge is -2.15. The second-order valence-corrected chi connectivity index (χ2v) is 4.21. The lowest BCUT2D eigenvalue weighted by molar-refractivity contribution is 0.528. The van der Waals surface area contributed by atoms with Gasteiger partial charge in [0.2, 0.25) is 4.77 Å². The maximum atomic E-state index is 11.6. The van der Waals surface area contributed by atoms with Crippen LogP contribution in [0.1, 0.15) is 26.5 Å². The quantitative estimate of drug-likeness (QED) is 0.561. The van der Waals surface area contributed by atoms with Crippen LogP contribution in [0.25, 0.3) is 0 Å². The van der Waals surface area contributed by atoms with Crippen LogP contribution in [0.3, 0.4) is 0 Å². The van der Waals surface area contributed by atoms with Crippen molar-refractivity contribution in [3.8, 4) is 0 Å². The molecule has 7 heteroatoms. The van der Waals surface area contributed by atoms with E-state index in [0.717, 1.165) is 0 Å². The van der Waals surface area contributed by atoms with Gasteiger partial charge >= 0.3 is 0 Å². The molecule has 0 radical (unpaired) electrons. The Bertz CT molecular complexity index is 468. The Morgan fingerprint density at radius 2 is 2.07 bits per heavy atom. The Hall–Kier alpha value is -1.37. The van der Waals surface area contributed by atoms with E-state index in [2.05, 4.69) is 27.7 Å². The maximum absolute atomic E-state index is 11.6. The molecule has 0 aromatic carbocycles. The second-order valence-electron chi connectivity index (χ2n) is 3.83. The van der Waals surface area contributed by atoms with Crippen molar-refractivity contribution in [1.29, 1.82) is 0 Å². The standard InChI is InChI=1S/C7H10N4O2S/c1-7(2,3)4-5(12)11(10-13)6(14)9-8-4/h1-3H3,(H,9,14). The predicted octanol–water partition coefficient (Wildman–Crippen LogP) is 1.13. The van der Waals surface area contributed by atoms with E-state index in [9.17, 15) is 9.70 Å². The average molecular weight is 214 g/mol. The van der Waals surface area contributed by atoms with Crippen LogP contribution >= 0.6 is 12.2 Å². The van der Waals surface area contributed by atoms with Crippen LogP contribution in [0.4, 0.5) is 0 Å². The van der Waals surface area contributed by atoms with Crippen LogP contribution in [0.5, 0.6) is 0 Å². The van der Waals surface area contributed by atoms with Gasteiger partial charge in [-0.1, -0.05) is 20.8 Å². The van der Waals surface area contributed by atoms with E-state index >= 15 is 0 Å². The van der Waals surface area contributed by atoms with E-state index < -0.39 is 11.0 Å². The molecule has 76 valence electrons. The van der Waals surface area contributed by atoms with Crippen molar-refractivity contribution in [2.24, 2.45) is 5.29 Å². The molecule has 0 fully saturated rings. The molecule has 0 spiro atoms. The fraction of sp³-hybridized carbons (Fsp3) is 0.571. The number of hydrogen-bond donors (Lipinski definition) is 1. The van der Waals surface area contributed by atoms with Gasteiger partial charge in [0.05, 0.1) is 5.29 Å². The highest BCUT2D eigenvalue weighted by atomic mass is 32.1. The minimum Gasteiger partial charge on any atom is -0.265 e. The van der Waals surface area contributed by atoms with Gasteiger partial charge in [0, 0.05) is 5.41 Å². The summed E-state index contributed by atoms with van der Waals surface area (Å²) in [4.78, 5) is 21.9. The van der Waals surface area contributed by atoms with Crippen LogP contribution in [-0.2, 0) is 5.41 Å². The highest BCUT2D eigenvalue weighted by Crippen LogP contribution is 2.14. The van der Waals surface area contributed by atoms with Crippen LogP contribution in [-0.4, -0.2) is 14.9 Å². The molecule has 0 bridgehead atoms. The molecule has 6 nitrogen and oxygen atoms in total. The van der Waals surface area contributed by atoms with Crippen LogP contribution in [0.2, 0.25) is 0 Å². The number of aromatic nitrogens is 3. The van der Waals surface area contributed by atoms with E-state index in [1.807, 2.05) is 20.8 Å². The van der Waals surface area contributed by atoms with Crippen molar-refractivity contribution in [1.82, 2.24) is 14.9 Å². The monoisotopic (exact) mass is 214 g/mol. The molecular weight excluding hydrogens is 204 g/mol. The third-order valence-electron chi connectivity index (χ3n) is 1.64. The zero-order valence-corrected chi connectivity index (χ0v) is 8.88. The minimum absolute atomic E-state index is 0.0991. The highest BCUT2D eigenvalue weighted by Gasteiger charge is 2.21. The highest BCUT2D eigenvalue weighted by molar-refractivity contribution is 7.71. The first-order valence-electron chi connectivity index (χ1n) is 3.94. The Labute approximate surface area is 84.9 Å². The van der Waals surface area contributed by atoms with E-state index in [1.54, 1.807) is 0 Å². The minimum atomic E-state index is -0.573. The Morgan fingerprint density at radius 3 is 2.50 bits per heavy atom. The first-order chi connectivity index (χ1) is 6.38. The smallest absolute Gasteiger partial charge is 0.265 e. The molecule has 1 rings (SSSR count). The molecule has 0 atom stereocenters. The molecule has 0 saturated heterocycles. The maximum Gasteiger partial charge on any atom is 0.300 e. The number of nitrogens with one attached hydrogen (secondary N) is 1. The fourth-order valence-corrected chi connectivity index (χ4v) is 1.12. The van der Waals surface area contributed by atoms with Gasteiger partial charge in [0.15, 0.2) is 0 Å². The summed E-state index contributed by atoms with van der Waals surface area (Å²) >= 11 is 4.67. The van der Waals surface area contributed by atoms with Gasteiger partial charge in [-0.3, -0.25) is 9.89 Å². The Kier molecular flexibility index (Phi) is 2.61. The third kappa shape index (κ3) is 1.77. The summed E-state index contributed by atoms with van der Waals surface area (Å²) in [5.74, 6) is 0. The van der Waals surface area contributed by atoms with Crippen molar-refractivity contribution in [2.75, 3.05) is 0 Å². The van der Waals surface area contributed by atoms with Crippen LogP contribution in [0.15, 0.2) is 10.1 Å².